The van der Waals surface area contributed by atoms with Crippen molar-refractivity contribution in [1.29, 1.82) is 0 Å². The molecule has 0 radical (unpaired) electrons. The summed E-state index contributed by atoms with van der Waals surface area (Å²) in [6.45, 7) is 5.40. The third-order valence-corrected chi connectivity index (χ3v) is 6.00. The van der Waals surface area contributed by atoms with E-state index in [0.717, 1.165) is 16.5 Å². The lowest BCUT2D eigenvalue weighted by atomic mass is 9.91. The van der Waals surface area contributed by atoms with Gasteiger partial charge in [-0.2, -0.15) is 0 Å². The molecule has 1 aliphatic rings. The van der Waals surface area contributed by atoms with Gasteiger partial charge in [-0.05, 0) is 39.0 Å². The summed E-state index contributed by atoms with van der Waals surface area (Å²) in [5.41, 5.74) is 2.83. The van der Waals surface area contributed by atoms with E-state index in [2.05, 4.69) is 0 Å². The molecular weight excluding hydrogens is 429 g/mol. The van der Waals surface area contributed by atoms with Gasteiger partial charge in [0.1, 0.15) is 42.1 Å². The van der Waals surface area contributed by atoms with Gasteiger partial charge in [0.05, 0.1) is 19.3 Å². The minimum absolute atomic E-state index is 0.0621. The number of fused-ring (bicyclic) bond motifs is 1. The molecule has 3 aromatic rings. The number of aromatic nitrogens is 1. The summed E-state index contributed by atoms with van der Waals surface area (Å²) in [4.78, 5) is 0. The van der Waals surface area contributed by atoms with Crippen molar-refractivity contribution < 1.29 is 34.3 Å². The summed E-state index contributed by atoms with van der Waals surface area (Å²) in [5, 5.41) is 41.4. The van der Waals surface area contributed by atoms with E-state index in [4.69, 9.17) is 9.47 Å². The highest BCUT2D eigenvalue weighted by Gasteiger charge is 2.44. The Kier molecular flexibility index (Phi) is 6.74. The smallest absolute Gasteiger partial charge is 0.131 e. The second-order valence-electron chi connectivity index (χ2n) is 8.90. The first-order valence-electron chi connectivity index (χ1n) is 11.0. The maximum Gasteiger partial charge on any atom is 0.131 e. The zero-order chi connectivity index (χ0) is 23.9. The molecule has 2 heterocycles. The highest BCUT2D eigenvalue weighted by molar-refractivity contribution is 5.85. The molecule has 1 saturated heterocycles. The molecule has 1 aliphatic heterocycles. The first kappa shape index (κ1) is 23.7. The fourth-order valence-corrected chi connectivity index (χ4v) is 4.34. The van der Waals surface area contributed by atoms with Crippen LogP contribution < -0.4 is 4.74 Å². The van der Waals surface area contributed by atoms with Crippen LogP contribution in [0.5, 0.6) is 5.75 Å². The van der Waals surface area contributed by atoms with Gasteiger partial charge in [0.15, 0.2) is 0 Å². The minimum atomic E-state index is -1.48. The number of aryl methyl sites for hydroxylation is 1. The number of hydrogen-bond donors (Lipinski definition) is 4. The molecule has 7 nitrogen and oxygen atoms in total. The number of halogens is 1. The zero-order valence-corrected chi connectivity index (χ0v) is 18.9. The largest absolute Gasteiger partial charge is 0.491 e. The Morgan fingerprint density at radius 2 is 1.82 bits per heavy atom. The van der Waals surface area contributed by atoms with E-state index in [0.29, 0.717) is 16.9 Å². The van der Waals surface area contributed by atoms with E-state index in [9.17, 15) is 24.8 Å². The molecule has 0 unspecified atom stereocenters. The summed E-state index contributed by atoms with van der Waals surface area (Å²) in [7, 11) is 0. The number of aliphatic hydroxyl groups excluding tert-OH is 4. The van der Waals surface area contributed by atoms with Gasteiger partial charge in [-0.15, -0.1) is 0 Å². The van der Waals surface area contributed by atoms with Crippen molar-refractivity contribution in [2.45, 2.75) is 63.9 Å². The molecule has 33 heavy (non-hydrogen) atoms. The SMILES string of the molecule is Cc1ccc2c(c1)c([C@@H]1O[C@H](CO)[C@@H](O)[C@H](O)[C@H]1O)cn2Cc1ccc(OC(C)C)cc1F. The van der Waals surface area contributed by atoms with Crippen LogP contribution in [-0.4, -0.2) is 62.1 Å². The number of benzene rings is 2. The van der Waals surface area contributed by atoms with Crippen LogP contribution in [0.3, 0.4) is 0 Å². The van der Waals surface area contributed by atoms with Gasteiger partial charge in [-0.3, -0.25) is 0 Å². The van der Waals surface area contributed by atoms with Gasteiger partial charge in [0.2, 0.25) is 0 Å². The average molecular weight is 460 g/mol. The van der Waals surface area contributed by atoms with E-state index in [1.54, 1.807) is 18.3 Å². The maximum absolute atomic E-state index is 14.8. The molecule has 2 aromatic carbocycles. The van der Waals surface area contributed by atoms with Gasteiger partial charge >= 0.3 is 0 Å². The first-order valence-corrected chi connectivity index (χ1v) is 11.0. The molecule has 178 valence electrons. The van der Waals surface area contributed by atoms with Crippen LogP contribution in [0.1, 0.15) is 36.6 Å². The highest BCUT2D eigenvalue weighted by atomic mass is 19.1. The Balaban J connectivity index is 1.73. The lowest BCUT2D eigenvalue weighted by Crippen LogP contribution is -2.55. The Hall–Kier alpha value is -2.49. The third kappa shape index (κ3) is 4.62. The molecule has 0 amide bonds. The predicted molar refractivity (Wildman–Crippen MR) is 121 cm³/mol. The van der Waals surface area contributed by atoms with Gasteiger partial charge in [-0.1, -0.05) is 17.7 Å². The molecule has 4 rings (SSSR count). The van der Waals surface area contributed by atoms with Crippen molar-refractivity contribution in [2.75, 3.05) is 6.61 Å². The maximum atomic E-state index is 14.8. The van der Waals surface area contributed by atoms with Crippen molar-refractivity contribution in [3.05, 3.63) is 65.1 Å². The third-order valence-electron chi connectivity index (χ3n) is 6.00. The van der Waals surface area contributed by atoms with E-state index in [-0.39, 0.29) is 12.6 Å². The Labute approximate surface area is 191 Å². The summed E-state index contributed by atoms with van der Waals surface area (Å²) in [5.74, 6) is 0.0674. The molecule has 4 N–H and O–H groups in total. The minimum Gasteiger partial charge on any atom is -0.491 e. The van der Waals surface area contributed by atoms with Crippen LogP contribution in [0, 0.1) is 12.7 Å². The van der Waals surface area contributed by atoms with Crippen LogP contribution in [-0.2, 0) is 11.3 Å². The molecular formula is C25H30FNO6. The van der Waals surface area contributed by atoms with Gasteiger partial charge in [0, 0.05) is 34.3 Å². The van der Waals surface area contributed by atoms with Crippen molar-refractivity contribution in [2.24, 2.45) is 0 Å². The second kappa shape index (κ2) is 9.40. The van der Waals surface area contributed by atoms with Crippen molar-refractivity contribution >= 4 is 10.9 Å². The van der Waals surface area contributed by atoms with E-state index < -0.39 is 42.9 Å². The van der Waals surface area contributed by atoms with Crippen LogP contribution in [0.25, 0.3) is 10.9 Å². The topological polar surface area (TPSA) is 104 Å². The van der Waals surface area contributed by atoms with Crippen LogP contribution in [0.15, 0.2) is 42.6 Å². The summed E-state index contributed by atoms with van der Waals surface area (Å²) in [6, 6.07) is 10.5. The number of ether oxygens (including phenoxy) is 2. The van der Waals surface area contributed by atoms with Crippen molar-refractivity contribution in [3.8, 4) is 5.75 Å². The summed E-state index contributed by atoms with van der Waals surface area (Å²) in [6.07, 6.45) is -4.60. The molecule has 1 aromatic heterocycles. The fraction of sp³-hybridized carbons (Fsp3) is 0.440. The van der Waals surface area contributed by atoms with E-state index in [1.807, 2.05) is 43.5 Å². The van der Waals surface area contributed by atoms with Crippen molar-refractivity contribution in [1.82, 2.24) is 4.57 Å². The van der Waals surface area contributed by atoms with Crippen LogP contribution in [0.4, 0.5) is 4.39 Å². The van der Waals surface area contributed by atoms with Crippen LogP contribution >= 0.6 is 0 Å². The monoisotopic (exact) mass is 459 g/mol. The summed E-state index contributed by atoms with van der Waals surface area (Å²) < 4.78 is 28.0. The van der Waals surface area contributed by atoms with Gasteiger partial charge in [0.25, 0.3) is 0 Å². The quantitative estimate of drug-likeness (QED) is 0.452. The molecule has 0 saturated carbocycles. The standard InChI is InChI=1S/C25H30FNO6/c1-13(2)32-16-6-5-15(19(26)9-16)10-27-11-18(17-8-14(3)4-7-20(17)27)25-24(31)23(30)22(29)21(12-28)33-25/h4-9,11,13,21-25,28-31H,10,12H2,1-3H3/t21-,22-,23+,24-,25+/m1/s1. The average Bonchev–Trinajstić information content (AvgIpc) is 3.11. The number of aliphatic hydroxyl groups is 4. The highest BCUT2D eigenvalue weighted by Crippen LogP contribution is 2.37. The lowest BCUT2D eigenvalue weighted by Gasteiger charge is -2.40. The first-order chi connectivity index (χ1) is 15.7. The molecule has 0 bridgehead atoms. The molecule has 5 atom stereocenters. The zero-order valence-electron chi connectivity index (χ0n) is 18.9. The molecule has 8 heteroatoms. The molecule has 1 fully saturated rings. The summed E-state index contributed by atoms with van der Waals surface area (Å²) >= 11 is 0. The lowest BCUT2D eigenvalue weighted by molar-refractivity contribution is -0.231. The molecule has 0 aliphatic carbocycles. The van der Waals surface area contributed by atoms with Crippen molar-refractivity contribution in [3.63, 3.8) is 0 Å². The number of hydrogen-bond acceptors (Lipinski definition) is 6. The number of rotatable bonds is 6. The second-order valence-corrected chi connectivity index (χ2v) is 8.90. The van der Waals surface area contributed by atoms with Gasteiger partial charge in [-0.25, -0.2) is 4.39 Å². The molecule has 0 spiro atoms. The fourth-order valence-electron chi connectivity index (χ4n) is 4.34. The van der Waals surface area contributed by atoms with E-state index >= 15 is 0 Å². The Morgan fingerprint density at radius 3 is 2.48 bits per heavy atom. The normalized spacial score (nSPS) is 25.7. The van der Waals surface area contributed by atoms with Gasteiger partial charge < -0.3 is 34.5 Å². The van der Waals surface area contributed by atoms with E-state index in [1.165, 1.54) is 6.07 Å². The number of nitrogens with zero attached hydrogens (tertiary/aromatic N) is 1. The van der Waals surface area contributed by atoms with Crippen LogP contribution in [0.2, 0.25) is 0 Å². The predicted octanol–water partition coefficient (Wildman–Crippen LogP) is 2.44. The Bertz CT molecular complexity index is 1130. The Morgan fingerprint density at radius 1 is 1.06 bits per heavy atom.